The summed E-state index contributed by atoms with van der Waals surface area (Å²) in [4.78, 5) is 8.73. The molecule has 0 fully saturated rings. The summed E-state index contributed by atoms with van der Waals surface area (Å²) in [5.41, 5.74) is 15.7. The van der Waals surface area contributed by atoms with Crippen molar-refractivity contribution in [3.8, 4) is 33.6 Å². The van der Waals surface area contributed by atoms with Crippen molar-refractivity contribution in [2.75, 3.05) is 0 Å². The van der Waals surface area contributed by atoms with Crippen LogP contribution in [0.4, 0.5) is 0 Å². The molecule has 10 aromatic rings. The van der Waals surface area contributed by atoms with E-state index in [0.29, 0.717) is 11.4 Å². The molecule has 5 nitrogen and oxygen atoms in total. The van der Waals surface area contributed by atoms with Gasteiger partial charge in [-0.2, -0.15) is 0 Å². The van der Waals surface area contributed by atoms with E-state index in [9.17, 15) is 0 Å². The Kier molecular flexibility index (Phi) is 7.75. The molecule has 0 saturated heterocycles. The average Bonchev–Trinajstić information content (AvgIpc) is 3.89. The van der Waals surface area contributed by atoms with E-state index in [-0.39, 0.29) is 11.3 Å². The number of amidine groups is 2. The summed E-state index contributed by atoms with van der Waals surface area (Å²) in [5.74, 6) is 0.558. The zero-order valence-electron chi connectivity index (χ0n) is 32.8. The Morgan fingerprint density at radius 2 is 1.14 bits per heavy atom. The predicted octanol–water partition coefficient (Wildman–Crippen LogP) is 13.3. The van der Waals surface area contributed by atoms with Crippen LogP contribution in [0.5, 0.6) is 0 Å². The van der Waals surface area contributed by atoms with Crippen LogP contribution in [0.25, 0.3) is 77.2 Å². The van der Waals surface area contributed by atoms with Crippen LogP contribution in [-0.4, -0.2) is 27.5 Å². The molecule has 0 spiro atoms. The van der Waals surface area contributed by atoms with Gasteiger partial charge >= 0.3 is 0 Å². The molecule has 11 rings (SSSR count). The SMILES string of the molecule is C=NC(=NC(=N)c1ccc(-n2c3ccccc3c3c(-c4ccc5c(c4)c4ccccc4n5-c4ccccc4)cc4c(c32)-c2ccccc2C4(C)C)cc1)c1ccccc1. The van der Waals surface area contributed by atoms with E-state index in [4.69, 9.17) is 5.41 Å². The van der Waals surface area contributed by atoms with E-state index in [1.54, 1.807) is 0 Å². The zero-order chi connectivity index (χ0) is 39.8. The quantitative estimate of drug-likeness (QED) is 0.134. The topological polar surface area (TPSA) is 58.4 Å². The molecule has 0 unspecified atom stereocenters. The number of nitrogens with one attached hydrogen (secondary N) is 1. The Bertz CT molecular complexity index is 3360. The number of nitrogens with zero attached hydrogens (tertiary/aromatic N) is 4. The Morgan fingerprint density at radius 1 is 0.525 bits per heavy atom. The average molecular weight is 758 g/mol. The summed E-state index contributed by atoms with van der Waals surface area (Å²) in [6.07, 6.45) is 0. The van der Waals surface area contributed by atoms with E-state index in [1.165, 1.54) is 71.5 Å². The van der Waals surface area contributed by atoms with Gasteiger partial charge in [0.05, 0.1) is 22.1 Å². The number of benzene rings is 8. The van der Waals surface area contributed by atoms with Gasteiger partial charge in [-0.05, 0) is 101 Å². The molecule has 0 bridgehead atoms. The molecule has 0 radical (unpaired) electrons. The summed E-state index contributed by atoms with van der Waals surface area (Å²) in [7, 11) is 0. The summed E-state index contributed by atoms with van der Waals surface area (Å²) in [5, 5.41) is 13.8. The highest BCUT2D eigenvalue weighted by molar-refractivity contribution is 6.22. The first kappa shape index (κ1) is 34.6. The molecule has 0 amide bonds. The maximum atomic E-state index is 8.94. The van der Waals surface area contributed by atoms with Gasteiger partial charge in [-0.3, -0.25) is 5.41 Å². The van der Waals surface area contributed by atoms with Crippen molar-refractivity contribution in [3.63, 3.8) is 0 Å². The molecule has 8 aromatic carbocycles. The second-order valence-electron chi connectivity index (χ2n) is 15.9. The van der Waals surface area contributed by atoms with Crippen LogP contribution in [0.2, 0.25) is 0 Å². The van der Waals surface area contributed by atoms with Crippen LogP contribution in [0.3, 0.4) is 0 Å². The largest absolute Gasteiger partial charge is 0.309 e. The Hall–Kier alpha value is -7.63. The highest BCUT2D eigenvalue weighted by Gasteiger charge is 2.39. The second-order valence-corrected chi connectivity index (χ2v) is 15.9. The number of fused-ring (bicyclic) bond motifs is 10. The van der Waals surface area contributed by atoms with Crippen LogP contribution in [0.15, 0.2) is 192 Å². The van der Waals surface area contributed by atoms with Crippen molar-refractivity contribution >= 4 is 62.0 Å². The molecule has 2 aromatic heterocycles. The fraction of sp³-hybridized carbons (Fsp3) is 0.0556. The van der Waals surface area contributed by atoms with Gasteiger partial charge < -0.3 is 9.13 Å². The van der Waals surface area contributed by atoms with E-state index >= 15 is 0 Å². The molecular formula is C54H39N5. The predicted molar refractivity (Wildman–Crippen MR) is 247 cm³/mol. The third-order valence-corrected chi connectivity index (χ3v) is 12.3. The van der Waals surface area contributed by atoms with Gasteiger partial charge in [-0.1, -0.05) is 129 Å². The smallest absolute Gasteiger partial charge is 0.161 e. The Balaban J connectivity index is 1.17. The monoisotopic (exact) mass is 757 g/mol. The number of aliphatic imine (C=N–C) groups is 2. The summed E-state index contributed by atoms with van der Waals surface area (Å²) in [6.45, 7) is 8.46. The lowest BCUT2D eigenvalue weighted by atomic mass is 9.81. The van der Waals surface area contributed by atoms with Gasteiger partial charge in [0.1, 0.15) is 0 Å². The maximum Gasteiger partial charge on any atom is 0.161 e. The number of aromatic nitrogens is 2. The summed E-state index contributed by atoms with van der Waals surface area (Å²) < 4.78 is 4.81. The highest BCUT2D eigenvalue weighted by atomic mass is 15.0. The van der Waals surface area contributed by atoms with Crippen molar-refractivity contribution in [1.29, 1.82) is 5.41 Å². The van der Waals surface area contributed by atoms with Crippen LogP contribution < -0.4 is 0 Å². The number of rotatable bonds is 5. The fourth-order valence-electron chi connectivity index (χ4n) is 9.53. The molecule has 1 aliphatic carbocycles. The minimum absolute atomic E-state index is 0.132. The normalized spacial score (nSPS) is 13.3. The van der Waals surface area contributed by atoms with Crippen molar-refractivity contribution in [3.05, 3.63) is 204 Å². The summed E-state index contributed by atoms with van der Waals surface area (Å²) >= 11 is 0. The first-order valence-corrected chi connectivity index (χ1v) is 20.0. The summed E-state index contributed by atoms with van der Waals surface area (Å²) in [6, 6.07) is 64.5. The van der Waals surface area contributed by atoms with Gasteiger partial charge in [0.25, 0.3) is 0 Å². The molecule has 5 heteroatoms. The van der Waals surface area contributed by atoms with Gasteiger partial charge in [0.2, 0.25) is 0 Å². The van der Waals surface area contributed by atoms with Crippen LogP contribution in [0.1, 0.15) is 36.1 Å². The number of hydrogen-bond donors (Lipinski definition) is 1. The van der Waals surface area contributed by atoms with E-state index in [0.717, 1.165) is 22.5 Å². The Morgan fingerprint density at radius 3 is 1.88 bits per heavy atom. The van der Waals surface area contributed by atoms with Crippen LogP contribution >= 0.6 is 0 Å². The van der Waals surface area contributed by atoms with Crippen molar-refractivity contribution < 1.29 is 0 Å². The maximum absolute atomic E-state index is 8.94. The molecular weight excluding hydrogens is 719 g/mol. The minimum Gasteiger partial charge on any atom is -0.309 e. The first-order chi connectivity index (χ1) is 28.9. The first-order valence-electron chi connectivity index (χ1n) is 20.0. The molecule has 1 aliphatic rings. The van der Waals surface area contributed by atoms with Crippen LogP contribution in [0, 0.1) is 5.41 Å². The lowest BCUT2D eigenvalue weighted by Crippen LogP contribution is -2.15. The van der Waals surface area contributed by atoms with Gasteiger partial charge in [-0.25, -0.2) is 9.98 Å². The lowest BCUT2D eigenvalue weighted by molar-refractivity contribution is 0.661. The molecule has 1 N–H and O–H groups in total. The van der Waals surface area contributed by atoms with Gasteiger partial charge in [-0.15, -0.1) is 0 Å². The molecule has 0 saturated carbocycles. The van der Waals surface area contributed by atoms with E-state index in [2.05, 4.69) is 179 Å². The lowest BCUT2D eigenvalue weighted by Gasteiger charge is -2.23. The molecule has 0 aliphatic heterocycles. The number of hydrogen-bond acceptors (Lipinski definition) is 1. The molecule has 0 atom stereocenters. The minimum atomic E-state index is -0.226. The third-order valence-electron chi connectivity index (χ3n) is 12.3. The molecule has 2 heterocycles. The second kappa shape index (κ2) is 13.2. The Labute approximate surface area is 342 Å². The van der Waals surface area contributed by atoms with Crippen molar-refractivity contribution in [2.24, 2.45) is 9.98 Å². The number of para-hydroxylation sites is 3. The molecule has 280 valence electrons. The van der Waals surface area contributed by atoms with Crippen molar-refractivity contribution in [1.82, 2.24) is 9.13 Å². The zero-order valence-corrected chi connectivity index (χ0v) is 32.8. The van der Waals surface area contributed by atoms with Gasteiger partial charge in [0, 0.05) is 55.0 Å². The van der Waals surface area contributed by atoms with E-state index in [1.807, 2.05) is 42.5 Å². The third kappa shape index (κ3) is 5.21. The van der Waals surface area contributed by atoms with E-state index < -0.39 is 0 Å². The molecule has 59 heavy (non-hydrogen) atoms. The standard InChI is InChI=1S/C54H39N5/c1-54(2)44-23-13-10-21-40(44)50-45(54)33-42(36-28-31-48-43(32-36)39-20-11-14-24-46(39)58(48)37-18-8-5-9-19-37)49-41-22-12-15-25-47(41)59(51(49)50)38-29-26-34(27-30-38)52(55)57-53(56-3)35-16-6-4-7-17-35/h4-33,55H,3H2,1-2H3. The van der Waals surface area contributed by atoms with Gasteiger partial charge in [0.15, 0.2) is 11.7 Å². The van der Waals surface area contributed by atoms with Crippen molar-refractivity contribution in [2.45, 2.75) is 19.3 Å². The fourth-order valence-corrected chi connectivity index (χ4v) is 9.53. The van der Waals surface area contributed by atoms with Crippen LogP contribution in [-0.2, 0) is 5.41 Å². The highest BCUT2D eigenvalue weighted by Crippen LogP contribution is 2.55.